The molecule has 0 aromatic heterocycles. The Hall–Kier alpha value is -0.980. The number of ketones is 1. The lowest BCUT2D eigenvalue weighted by molar-refractivity contribution is -0.0884. The van der Waals surface area contributed by atoms with E-state index in [0.717, 1.165) is 6.07 Å². The van der Waals surface area contributed by atoms with Crippen LogP contribution in [0.3, 0.4) is 0 Å². The van der Waals surface area contributed by atoms with Crippen LogP contribution in [0, 0.1) is 0 Å². The summed E-state index contributed by atoms with van der Waals surface area (Å²) in [6.45, 7) is 0. The Morgan fingerprint density at radius 1 is 1.25 bits per heavy atom. The van der Waals surface area contributed by atoms with Gasteiger partial charge in [-0.05, 0) is 12.1 Å². The molecule has 0 fully saturated rings. The molecule has 0 radical (unpaired) electrons. The number of hydrogen-bond acceptors (Lipinski definition) is 2. The number of alkyl halides is 3. The van der Waals surface area contributed by atoms with Crippen molar-refractivity contribution in [3.63, 3.8) is 0 Å². The molecule has 0 aliphatic rings. The highest BCUT2D eigenvalue weighted by Crippen LogP contribution is 2.26. The molecule has 8 heteroatoms. The van der Waals surface area contributed by atoms with E-state index in [9.17, 15) is 18.0 Å². The van der Waals surface area contributed by atoms with E-state index in [1.807, 2.05) is 4.84 Å². The molecule has 0 heterocycles. The second kappa shape index (κ2) is 6.57. The summed E-state index contributed by atoms with van der Waals surface area (Å²) in [5, 5.41) is 0. The maximum absolute atomic E-state index is 12.0. The Balaban J connectivity index is 0. The van der Waals surface area contributed by atoms with Gasteiger partial charge in [-0.2, -0.15) is 13.2 Å². The summed E-state index contributed by atoms with van der Waals surface area (Å²) in [6, 6.07) is 5.14. The number of carbonyl (C=O) groups is 1. The summed E-state index contributed by atoms with van der Waals surface area (Å²) in [7, 11) is 0. The Labute approximate surface area is 100 Å². The summed E-state index contributed by atoms with van der Waals surface area (Å²) < 4.78 is 36.1. The zero-order valence-electron chi connectivity index (χ0n) is 7.64. The molecular weight excluding hydrogens is 270 g/mol. The summed E-state index contributed by atoms with van der Waals surface area (Å²) in [5.41, 5.74) is -0.550. The van der Waals surface area contributed by atoms with E-state index < -0.39 is 17.5 Å². The van der Waals surface area contributed by atoms with Crippen LogP contribution in [0.25, 0.3) is 0 Å². The van der Waals surface area contributed by atoms with Crippen LogP contribution < -0.4 is 4.84 Å². The maximum atomic E-state index is 12.0. The number of rotatable bonds is 2. The first-order valence-corrected chi connectivity index (χ1v) is 3.92. The molecule has 3 nitrogen and oxygen atoms in total. The van der Waals surface area contributed by atoms with Crippen molar-refractivity contribution in [2.24, 2.45) is 0 Å². The molecule has 16 heavy (non-hydrogen) atoms. The predicted octanol–water partition coefficient (Wildman–Crippen LogP) is 2.59. The van der Waals surface area contributed by atoms with Crippen molar-refractivity contribution in [1.82, 2.24) is 0 Å². The lowest BCUT2D eigenvalue weighted by Crippen LogP contribution is -2.23. The number of benzene rings is 1. The normalized spacial score (nSPS) is 9.75. The van der Waals surface area contributed by atoms with Crippen LogP contribution >= 0.6 is 24.2 Å². The van der Waals surface area contributed by atoms with Gasteiger partial charge in [-0.1, -0.05) is 12.1 Å². The minimum atomic E-state index is -4.89. The van der Waals surface area contributed by atoms with Crippen LogP contribution in [0.2, 0.25) is 0 Å². The van der Waals surface area contributed by atoms with E-state index in [1.165, 1.54) is 18.2 Å². The number of halogens is 5. The molecular formula is C8H8Cl2F3NO2. The Morgan fingerprint density at radius 2 is 1.75 bits per heavy atom. The van der Waals surface area contributed by atoms with Gasteiger partial charge in [0.15, 0.2) is 0 Å². The molecule has 0 aliphatic heterocycles. The predicted molar refractivity (Wildman–Crippen MR) is 57.2 cm³/mol. The van der Waals surface area contributed by atoms with Gasteiger partial charge < -0.3 is 5.48 Å². The van der Waals surface area contributed by atoms with Crippen molar-refractivity contribution in [3.8, 4) is 0 Å². The van der Waals surface area contributed by atoms with Gasteiger partial charge in [0.1, 0.15) is 0 Å². The molecule has 0 unspecified atom stereocenters. The van der Waals surface area contributed by atoms with Crippen LogP contribution in [0.1, 0.15) is 10.4 Å². The largest absolute Gasteiger partial charge is 0.454 e. The number of hydrogen-bond donors (Lipinski definition) is 1. The molecule has 0 amide bonds. The minimum absolute atomic E-state index is 0. The van der Waals surface area contributed by atoms with Gasteiger partial charge in [-0.25, -0.2) is 0 Å². The topological polar surface area (TPSA) is 60.6 Å². The SMILES string of the molecule is Cl.O.O=C(c1ccccc1NCl)C(F)(F)F. The minimum Gasteiger partial charge on any atom is -0.412 e. The average molecular weight is 278 g/mol. The smallest absolute Gasteiger partial charge is 0.412 e. The molecule has 0 atom stereocenters. The molecule has 0 spiro atoms. The highest BCUT2D eigenvalue weighted by Gasteiger charge is 2.40. The molecule has 0 saturated heterocycles. The lowest BCUT2D eigenvalue weighted by atomic mass is 10.1. The van der Waals surface area contributed by atoms with Crippen molar-refractivity contribution < 1.29 is 23.4 Å². The van der Waals surface area contributed by atoms with Crippen LogP contribution in [0.5, 0.6) is 0 Å². The van der Waals surface area contributed by atoms with Gasteiger partial charge in [-0.15, -0.1) is 12.4 Å². The number of nitrogens with one attached hydrogen (secondary N) is 1. The van der Waals surface area contributed by atoms with Gasteiger partial charge in [0.05, 0.1) is 11.3 Å². The van der Waals surface area contributed by atoms with E-state index in [4.69, 9.17) is 11.8 Å². The molecule has 0 aliphatic carbocycles. The zero-order chi connectivity index (χ0) is 10.8. The van der Waals surface area contributed by atoms with Gasteiger partial charge in [0.2, 0.25) is 0 Å². The Bertz CT molecular complexity index is 357. The molecule has 3 N–H and O–H groups in total. The van der Waals surface area contributed by atoms with Crippen LogP contribution in [-0.4, -0.2) is 17.4 Å². The fourth-order valence-electron chi connectivity index (χ4n) is 0.916. The van der Waals surface area contributed by atoms with Crippen molar-refractivity contribution >= 4 is 35.7 Å². The first-order valence-electron chi connectivity index (χ1n) is 3.54. The number of Topliss-reactive ketones (excluding diaryl/α,β-unsaturated/α-hetero) is 1. The van der Waals surface area contributed by atoms with Crippen molar-refractivity contribution in [2.75, 3.05) is 4.84 Å². The summed E-state index contributed by atoms with van der Waals surface area (Å²) >= 11 is 5.16. The standard InChI is InChI=1S/C8H5ClF3NO.ClH.H2O/c9-13-6-4-2-1-3-5(6)7(14)8(10,11)12;;/h1-4,13H;1H;1H2. The Kier molecular flexibility index (Phi) is 7.15. The zero-order valence-corrected chi connectivity index (χ0v) is 9.21. The summed E-state index contributed by atoms with van der Waals surface area (Å²) in [5.74, 6) is -1.92. The highest BCUT2D eigenvalue weighted by molar-refractivity contribution is 6.25. The summed E-state index contributed by atoms with van der Waals surface area (Å²) in [6.07, 6.45) is -4.89. The number of carbonyl (C=O) groups excluding carboxylic acids is 1. The van der Waals surface area contributed by atoms with E-state index in [1.54, 1.807) is 0 Å². The van der Waals surface area contributed by atoms with Gasteiger partial charge in [0.25, 0.3) is 5.78 Å². The number of anilines is 1. The van der Waals surface area contributed by atoms with E-state index in [2.05, 4.69) is 0 Å². The van der Waals surface area contributed by atoms with Crippen LogP contribution in [0.4, 0.5) is 18.9 Å². The van der Waals surface area contributed by atoms with Crippen LogP contribution in [0.15, 0.2) is 24.3 Å². The third-order valence-electron chi connectivity index (χ3n) is 1.53. The summed E-state index contributed by atoms with van der Waals surface area (Å²) in [4.78, 5) is 12.8. The monoisotopic (exact) mass is 277 g/mol. The maximum Gasteiger partial charge on any atom is 0.454 e. The van der Waals surface area contributed by atoms with E-state index >= 15 is 0 Å². The van der Waals surface area contributed by atoms with Crippen molar-refractivity contribution in [1.29, 1.82) is 0 Å². The van der Waals surface area contributed by atoms with E-state index in [0.29, 0.717) is 0 Å². The van der Waals surface area contributed by atoms with Crippen molar-refractivity contribution in [3.05, 3.63) is 29.8 Å². The molecule has 0 bridgehead atoms. The third-order valence-corrected chi connectivity index (χ3v) is 1.73. The molecule has 1 rings (SSSR count). The van der Waals surface area contributed by atoms with E-state index in [-0.39, 0.29) is 23.6 Å². The quantitative estimate of drug-likeness (QED) is 0.667. The Morgan fingerprint density at radius 3 is 2.19 bits per heavy atom. The highest BCUT2D eigenvalue weighted by atomic mass is 35.5. The lowest BCUT2D eigenvalue weighted by Gasteiger charge is -2.08. The first-order chi connectivity index (χ1) is 6.46. The van der Waals surface area contributed by atoms with Crippen LogP contribution in [-0.2, 0) is 0 Å². The third kappa shape index (κ3) is 3.88. The first kappa shape index (κ1) is 17.4. The molecule has 1 aromatic rings. The molecule has 0 saturated carbocycles. The van der Waals surface area contributed by atoms with Gasteiger partial charge in [0, 0.05) is 11.8 Å². The second-order valence-corrected chi connectivity index (χ2v) is 2.66. The van der Waals surface area contributed by atoms with Gasteiger partial charge >= 0.3 is 6.18 Å². The fourth-order valence-corrected chi connectivity index (χ4v) is 1.08. The van der Waals surface area contributed by atoms with Crippen molar-refractivity contribution in [2.45, 2.75) is 6.18 Å². The second-order valence-electron chi connectivity index (χ2n) is 2.47. The molecule has 92 valence electrons. The average Bonchev–Trinajstić information content (AvgIpc) is 2.15. The van der Waals surface area contributed by atoms with Gasteiger partial charge in [-0.3, -0.25) is 9.63 Å². The number of para-hydroxylation sites is 1. The molecule has 1 aromatic carbocycles. The fraction of sp³-hybridized carbons (Fsp3) is 0.125.